The standard InChI is InChI=1S/C30H34N8O5/c1-5-38-23(12-17(2)35-38)24(39)16-26-33-20-13-18(28(31)40)8-9-22(20)36(26)10-6-7-11-37-27-21(34-30(37)32)14-19(29(41)43-4)15-25(27)42-3/h8-9,12-15H,5-7,10-11,16H2,1-4H3,(H2,31,40)(H2,32,34). The third-order valence-corrected chi connectivity index (χ3v) is 7.41. The topological polar surface area (TPSA) is 175 Å². The van der Waals surface area contributed by atoms with Crippen LogP contribution in [0, 0.1) is 6.92 Å². The van der Waals surface area contributed by atoms with Crippen LogP contribution in [-0.2, 0) is 30.8 Å². The summed E-state index contributed by atoms with van der Waals surface area (Å²) in [7, 11) is 2.84. The van der Waals surface area contributed by atoms with Gasteiger partial charge >= 0.3 is 5.97 Å². The normalized spacial score (nSPS) is 11.3. The Bertz CT molecular complexity index is 1870. The number of esters is 1. The van der Waals surface area contributed by atoms with Crippen LogP contribution in [0.1, 0.15) is 62.5 Å². The highest BCUT2D eigenvalue weighted by atomic mass is 16.5. The third kappa shape index (κ3) is 5.65. The predicted octanol–water partition coefficient (Wildman–Crippen LogP) is 3.29. The van der Waals surface area contributed by atoms with Crippen LogP contribution in [0.25, 0.3) is 22.1 Å². The second kappa shape index (κ2) is 12.0. The van der Waals surface area contributed by atoms with Crippen molar-refractivity contribution in [1.82, 2.24) is 28.9 Å². The number of imidazole rings is 2. The number of anilines is 1. The molecule has 13 heteroatoms. The van der Waals surface area contributed by atoms with Gasteiger partial charge in [0, 0.05) is 25.2 Å². The molecule has 0 saturated heterocycles. The molecule has 4 N–H and O–H groups in total. The summed E-state index contributed by atoms with van der Waals surface area (Å²) in [6.45, 7) is 5.48. The Morgan fingerprint density at radius 3 is 2.33 bits per heavy atom. The van der Waals surface area contributed by atoms with Gasteiger partial charge in [-0.05, 0) is 63.1 Å². The Balaban J connectivity index is 1.40. The Morgan fingerprint density at radius 2 is 1.65 bits per heavy atom. The van der Waals surface area contributed by atoms with E-state index in [-0.39, 0.29) is 12.2 Å². The zero-order valence-corrected chi connectivity index (χ0v) is 24.6. The average Bonchev–Trinajstić information content (AvgIpc) is 3.65. The van der Waals surface area contributed by atoms with E-state index in [0.717, 1.165) is 17.6 Å². The number of ketones is 1. The molecule has 0 spiro atoms. The highest BCUT2D eigenvalue weighted by Gasteiger charge is 2.21. The van der Waals surface area contributed by atoms with Crippen molar-refractivity contribution in [3.05, 3.63) is 64.7 Å². The minimum absolute atomic E-state index is 0.0740. The monoisotopic (exact) mass is 586 g/mol. The molecular formula is C30H34N8O5. The number of ether oxygens (including phenoxy) is 2. The van der Waals surface area contributed by atoms with Gasteiger partial charge in [-0.2, -0.15) is 5.10 Å². The Kier molecular flexibility index (Phi) is 8.15. The lowest BCUT2D eigenvalue weighted by Crippen LogP contribution is -2.15. The van der Waals surface area contributed by atoms with E-state index in [1.54, 1.807) is 35.0 Å². The van der Waals surface area contributed by atoms with Gasteiger partial charge in [0.1, 0.15) is 22.8 Å². The van der Waals surface area contributed by atoms with Crippen LogP contribution in [0.15, 0.2) is 36.4 Å². The van der Waals surface area contributed by atoms with Gasteiger partial charge in [0.2, 0.25) is 11.9 Å². The number of hydrogen-bond donors (Lipinski definition) is 2. The van der Waals surface area contributed by atoms with Gasteiger partial charge in [-0.1, -0.05) is 0 Å². The molecule has 2 aromatic carbocycles. The zero-order chi connectivity index (χ0) is 30.8. The van der Waals surface area contributed by atoms with E-state index in [2.05, 4.69) is 10.1 Å². The molecule has 1 amide bonds. The number of carbonyl (C=O) groups is 3. The van der Waals surface area contributed by atoms with E-state index < -0.39 is 11.9 Å². The number of nitrogens with two attached hydrogens (primary N) is 2. The van der Waals surface area contributed by atoms with E-state index in [9.17, 15) is 14.4 Å². The molecule has 13 nitrogen and oxygen atoms in total. The first-order chi connectivity index (χ1) is 20.6. The van der Waals surface area contributed by atoms with Crippen molar-refractivity contribution in [3.8, 4) is 5.75 Å². The second-order valence-electron chi connectivity index (χ2n) is 10.2. The fourth-order valence-electron chi connectivity index (χ4n) is 5.37. The van der Waals surface area contributed by atoms with E-state index in [0.29, 0.717) is 76.9 Å². The van der Waals surface area contributed by atoms with Crippen LogP contribution in [0.4, 0.5) is 5.95 Å². The quantitative estimate of drug-likeness (QED) is 0.126. The van der Waals surface area contributed by atoms with Crippen molar-refractivity contribution in [3.63, 3.8) is 0 Å². The molecule has 0 bridgehead atoms. The molecule has 224 valence electrons. The van der Waals surface area contributed by atoms with E-state index in [1.165, 1.54) is 14.2 Å². The molecule has 0 saturated carbocycles. The molecule has 0 radical (unpaired) electrons. The minimum Gasteiger partial charge on any atom is -0.494 e. The van der Waals surface area contributed by atoms with Crippen LogP contribution in [0.5, 0.6) is 5.75 Å². The molecule has 3 heterocycles. The first-order valence-electron chi connectivity index (χ1n) is 13.9. The Labute approximate surface area is 247 Å². The van der Waals surface area contributed by atoms with Gasteiger partial charge in [-0.25, -0.2) is 14.8 Å². The molecule has 5 rings (SSSR count). The largest absolute Gasteiger partial charge is 0.494 e. The number of fused-ring (bicyclic) bond motifs is 2. The molecule has 5 aromatic rings. The maximum Gasteiger partial charge on any atom is 0.338 e. The van der Waals surface area contributed by atoms with Crippen molar-refractivity contribution in [2.45, 2.75) is 52.7 Å². The minimum atomic E-state index is -0.546. The number of Topliss-reactive ketones (excluding diaryl/α,β-unsaturated/α-hetero) is 1. The number of methoxy groups -OCH3 is 2. The number of unbranched alkanes of at least 4 members (excludes halogenated alkanes) is 1. The first kappa shape index (κ1) is 29.3. The number of rotatable bonds is 12. The van der Waals surface area contributed by atoms with Crippen LogP contribution in [0.3, 0.4) is 0 Å². The summed E-state index contributed by atoms with van der Waals surface area (Å²) in [4.78, 5) is 46.4. The van der Waals surface area contributed by atoms with Gasteiger partial charge in [-0.15, -0.1) is 0 Å². The maximum absolute atomic E-state index is 13.4. The Morgan fingerprint density at radius 1 is 0.930 bits per heavy atom. The van der Waals surface area contributed by atoms with Crippen LogP contribution in [0.2, 0.25) is 0 Å². The molecule has 0 aliphatic heterocycles. The fourth-order valence-corrected chi connectivity index (χ4v) is 5.37. The van der Waals surface area contributed by atoms with Crippen molar-refractivity contribution < 1.29 is 23.9 Å². The number of carbonyl (C=O) groups excluding carboxylic acids is 3. The molecule has 0 atom stereocenters. The molecule has 0 aliphatic carbocycles. The molecule has 0 fully saturated rings. The number of aromatic nitrogens is 6. The van der Waals surface area contributed by atoms with Gasteiger partial charge in [-0.3, -0.25) is 14.3 Å². The lowest BCUT2D eigenvalue weighted by Gasteiger charge is -2.12. The molecule has 0 aliphatic rings. The first-order valence-corrected chi connectivity index (χ1v) is 13.9. The van der Waals surface area contributed by atoms with Crippen LogP contribution in [-0.4, -0.2) is 60.8 Å². The lowest BCUT2D eigenvalue weighted by atomic mass is 10.1. The fraction of sp³-hybridized carbons (Fsp3) is 0.333. The number of aryl methyl sites for hydroxylation is 4. The van der Waals surface area contributed by atoms with Crippen molar-refractivity contribution in [1.29, 1.82) is 0 Å². The van der Waals surface area contributed by atoms with E-state index >= 15 is 0 Å². The second-order valence-corrected chi connectivity index (χ2v) is 10.2. The summed E-state index contributed by atoms with van der Waals surface area (Å²) < 4.78 is 16.0. The summed E-state index contributed by atoms with van der Waals surface area (Å²) in [5.74, 6) is 0.229. The van der Waals surface area contributed by atoms with Crippen molar-refractivity contribution >= 4 is 45.7 Å². The number of nitrogen functional groups attached to an aromatic ring is 1. The van der Waals surface area contributed by atoms with Gasteiger partial charge in [0.15, 0.2) is 5.78 Å². The third-order valence-electron chi connectivity index (χ3n) is 7.41. The smallest absolute Gasteiger partial charge is 0.338 e. The summed E-state index contributed by atoms with van der Waals surface area (Å²) in [6.07, 6.45) is 1.51. The Hall–Kier alpha value is -5.20. The molecular weight excluding hydrogens is 552 g/mol. The SMILES string of the molecule is CCn1nc(C)cc1C(=O)Cc1nc2cc(C(N)=O)ccc2n1CCCCn1c(N)nc2cc(C(=O)OC)cc(OC)c21. The van der Waals surface area contributed by atoms with Gasteiger partial charge < -0.3 is 30.1 Å². The molecule has 3 aromatic heterocycles. The summed E-state index contributed by atoms with van der Waals surface area (Å²) in [6, 6.07) is 10.1. The van der Waals surface area contributed by atoms with Crippen LogP contribution >= 0.6 is 0 Å². The van der Waals surface area contributed by atoms with Crippen LogP contribution < -0.4 is 16.2 Å². The zero-order valence-electron chi connectivity index (χ0n) is 24.6. The maximum atomic E-state index is 13.4. The molecule has 43 heavy (non-hydrogen) atoms. The van der Waals surface area contributed by atoms with Crippen molar-refractivity contribution in [2.24, 2.45) is 5.73 Å². The average molecular weight is 587 g/mol. The summed E-state index contributed by atoms with van der Waals surface area (Å²) in [5, 5.41) is 4.40. The number of primary amides is 1. The highest BCUT2D eigenvalue weighted by Crippen LogP contribution is 2.30. The van der Waals surface area contributed by atoms with Gasteiger partial charge in [0.05, 0.1) is 48.4 Å². The highest BCUT2D eigenvalue weighted by molar-refractivity contribution is 5.98. The van der Waals surface area contributed by atoms with E-state index in [4.69, 9.17) is 25.9 Å². The number of nitrogens with zero attached hydrogens (tertiary/aromatic N) is 6. The van der Waals surface area contributed by atoms with E-state index in [1.807, 2.05) is 29.0 Å². The van der Waals surface area contributed by atoms with Crippen molar-refractivity contribution in [2.75, 3.05) is 20.0 Å². The lowest BCUT2D eigenvalue weighted by molar-refractivity contribution is 0.0600. The molecule has 0 unspecified atom stereocenters. The number of hydrogen-bond acceptors (Lipinski definition) is 9. The summed E-state index contributed by atoms with van der Waals surface area (Å²) in [5.41, 5.74) is 16.4. The number of benzene rings is 2. The van der Waals surface area contributed by atoms with Gasteiger partial charge in [0.25, 0.3) is 0 Å². The number of amides is 1. The summed E-state index contributed by atoms with van der Waals surface area (Å²) >= 11 is 0. The predicted molar refractivity (Wildman–Crippen MR) is 160 cm³/mol.